The molecule has 0 bridgehead atoms. The molecule has 1 aliphatic rings. The summed E-state index contributed by atoms with van der Waals surface area (Å²) in [6.45, 7) is 5.75. The minimum absolute atomic E-state index is 0. The van der Waals surface area contributed by atoms with Crippen molar-refractivity contribution in [1.82, 2.24) is 10.6 Å². The van der Waals surface area contributed by atoms with Crippen molar-refractivity contribution in [2.24, 2.45) is 0 Å². The number of benzene rings is 1. The lowest BCUT2D eigenvalue weighted by Crippen LogP contribution is -2.46. The first kappa shape index (κ1) is 16.8. The third-order valence-electron chi connectivity index (χ3n) is 3.39. The summed E-state index contributed by atoms with van der Waals surface area (Å²) in [6.07, 6.45) is 1.52. The molecule has 20 heavy (non-hydrogen) atoms. The molecule has 1 unspecified atom stereocenters. The SMILES string of the molecule is Cc1ccc(OC(C)C(=O)NC2CCNCC2)cc1.Cl. The Balaban J connectivity index is 0.00000200. The van der Waals surface area contributed by atoms with Crippen LogP contribution in [-0.4, -0.2) is 31.1 Å². The molecule has 1 aromatic rings. The van der Waals surface area contributed by atoms with Crippen molar-refractivity contribution >= 4 is 18.3 Å². The summed E-state index contributed by atoms with van der Waals surface area (Å²) in [7, 11) is 0. The van der Waals surface area contributed by atoms with E-state index in [0.29, 0.717) is 0 Å². The Bertz CT molecular complexity index is 416. The zero-order valence-electron chi connectivity index (χ0n) is 12.0. The molecule has 1 heterocycles. The highest BCUT2D eigenvalue weighted by Crippen LogP contribution is 2.13. The van der Waals surface area contributed by atoms with Gasteiger partial charge in [0.1, 0.15) is 5.75 Å². The van der Waals surface area contributed by atoms with Crippen molar-refractivity contribution in [1.29, 1.82) is 0 Å². The van der Waals surface area contributed by atoms with Crippen molar-refractivity contribution in [3.05, 3.63) is 29.8 Å². The van der Waals surface area contributed by atoms with Gasteiger partial charge in [-0.25, -0.2) is 0 Å². The average molecular weight is 299 g/mol. The fraction of sp³-hybridized carbons (Fsp3) is 0.533. The minimum atomic E-state index is -0.461. The van der Waals surface area contributed by atoms with E-state index >= 15 is 0 Å². The number of aryl methyl sites for hydroxylation is 1. The van der Waals surface area contributed by atoms with Gasteiger partial charge in [0, 0.05) is 6.04 Å². The van der Waals surface area contributed by atoms with Crippen LogP contribution in [0.2, 0.25) is 0 Å². The predicted molar refractivity (Wildman–Crippen MR) is 82.6 cm³/mol. The first-order valence-electron chi connectivity index (χ1n) is 6.89. The van der Waals surface area contributed by atoms with E-state index in [4.69, 9.17) is 4.74 Å². The van der Waals surface area contributed by atoms with Gasteiger partial charge in [0.05, 0.1) is 0 Å². The maximum atomic E-state index is 12.0. The van der Waals surface area contributed by atoms with Gasteiger partial charge in [0.2, 0.25) is 0 Å². The van der Waals surface area contributed by atoms with Gasteiger partial charge in [0.25, 0.3) is 5.91 Å². The lowest BCUT2D eigenvalue weighted by atomic mass is 10.1. The van der Waals surface area contributed by atoms with Gasteiger partial charge in [-0.15, -0.1) is 12.4 Å². The maximum Gasteiger partial charge on any atom is 0.260 e. The molecule has 2 rings (SSSR count). The molecule has 112 valence electrons. The van der Waals surface area contributed by atoms with E-state index in [2.05, 4.69) is 10.6 Å². The van der Waals surface area contributed by atoms with Crippen molar-refractivity contribution in [3.63, 3.8) is 0 Å². The van der Waals surface area contributed by atoms with Gasteiger partial charge >= 0.3 is 0 Å². The summed E-state index contributed by atoms with van der Waals surface area (Å²) in [5, 5.41) is 6.33. The lowest BCUT2D eigenvalue weighted by Gasteiger charge is -2.25. The molecule has 1 saturated heterocycles. The molecule has 1 atom stereocenters. The average Bonchev–Trinajstić information content (AvgIpc) is 2.42. The molecule has 2 N–H and O–H groups in total. The Morgan fingerprint density at radius 1 is 1.30 bits per heavy atom. The number of ether oxygens (including phenoxy) is 1. The summed E-state index contributed by atoms with van der Waals surface area (Å²) < 4.78 is 5.64. The first-order chi connectivity index (χ1) is 9.15. The number of halogens is 1. The van der Waals surface area contributed by atoms with Crippen LogP contribution < -0.4 is 15.4 Å². The van der Waals surface area contributed by atoms with Crippen molar-refractivity contribution < 1.29 is 9.53 Å². The number of piperidine rings is 1. The number of nitrogens with one attached hydrogen (secondary N) is 2. The van der Waals surface area contributed by atoms with Crippen LogP contribution in [0.25, 0.3) is 0 Å². The largest absolute Gasteiger partial charge is 0.481 e. The highest BCUT2D eigenvalue weighted by molar-refractivity contribution is 5.85. The molecule has 1 amide bonds. The van der Waals surface area contributed by atoms with Crippen LogP contribution in [-0.2, 0) is 4.79 Å². The van der Waals surface area contributed by atoms with Gasteiger partial charge < -0.3 is 15.4 Å². The minimum Gasteiger partial charge on any atom is -0.481 e. The smallest absolute Gasteiger partial charge is 0.260 e. The first-order valence-corrected chi connectivity index (χ1v) is 6.89. The second-order valence-corrected chi connectivity index (χ2v) is 5.11. The molecule has 1 fully saturated rings. The third-order valence-corrected chi connectivity index (χ3v) is 3.39. The summed E-state index contributed by atoms with van der Waals surface area (Å²) >= 11 is 0. The molecule has 1 aliphatic heterocycles. The standard InChI is InChI=1S/C15H22N2O2.ClH/c1-11-3-5-14(6-4-11)19-12(2)15(18)17-13-7-9-16-10-8-13;/h3-6,12-13,16H,7-10H2,1-2H3,(H,17,18);1H. The van der Waals surface area contributed by atoms with Crippen LogP contribution in [0.1, 0.15) is 25.3 Å². The molecule has 0 spiro atoms. The van der Waals surface area contributed by atoms with Crippen molar-refractivity contribution in [2.75, 3.05) is 13.1 Å². The fourth-order valence-corrected chi connectivity index (χ4v) is 2.16. The number of rotatable bonds is 4. The Hall–Kier alpha value is -1.26. The van der Waals surface area contributed by atoms with Crippen molar-refractivity contribution in [2.45, 2.75) is 38.8 Å². The second kappa shape index (κ2) is 8.12. The summed E-state index contributed by atoms with van der Waals surface area (Å²) in [5.74, 6) is 0.700. The quantitative estimate of drug-likeness (QED) is 0.894. The van der Waals surface area contributed by atoms with E-state index in [0.717, 1.165) is 31.7 Å². The molecule has 5 heteroatoms. The number of hydrogen-bond acceptors (Lipinski definition) is 3. The zero-order valence-corrected chi connectivity index (χ0v) is 12.8. The van der Waals surface area contributed by atoms with E-state index in [9.17, 15) is 4.79 Å². The Kier molecular flexibility index (Phi) is 6.82. The van der Waals surface area contributed by atoms with E-state index < -0.39 is 6.10 Å². The predicted octanol–water partition coefficient (Wildman–Crippen LogP) is 2.05. The summed E-state index contributed by atoms with van der Waals surface area (Å²) in [4.78, 5) is 12.0. The molecule has 4 nitrogen and oxygen atoms in total. The van der Waals surface area contributed by atoms with Gasteiger partial charge in [-0.05, 0) is 51.9 Å². The van der Waals surface area contributed by atoms with Gasteiger partial charge in [-0.3, -0.25) is 4.79 Å². The fourth-order valence-electron chi connectivity index (χ4n) is 2.16. The molecule has 0 radical (unpaired) electrons. The zero-order chi connectivity index (χ0) is 13.7. The molecular formula is C15H23ClN2O2. The van der Waals surface area contributed by atoms with E-state index in [1.165, 1.54) is 5.56 Å². The Morgan fingerprint density at radius 3 is 2.50 bits per heavy atom. The van der Waals surface area contributed by atoms with Crippen LogP contribution in [0, 0.1) is 6.92 Å². The highest BCUT2D eigenvalue weighted by atomic mass is 35.5. The molecule has 0 saturated carbocycles. The highest BCUT2D eigenvalue weighted by Gasteiger charge is 2.20. The summed E-state index contributed by atoms with van der Waals surface area (Å²) in [5.41, 5.74) is 1.18. The maximum absolute atomic E-state index is 12.0. The van der Waals surface area contributed by atoms with E-state index in [-0.39, 0.29) is 24.4 Å². The Labute approximate surface area is 126 Å². The molecular weight excluding hydrogens is 276 g/mol. The van der Waals surface area contributed by atoms with E-state index in [1.54, 1.807) is 6.92 Å². The molecule has 0 aliphatic carbocycles. The van der Waals surface area contributed by atoms with Crippen LogP contribution in [0.15, 0.2) is 24.3 Å². The van der Waals surface area contributed by atoms with Crippen LogP contribution in [0.4, 0.5) is 0 Å². The molecule has 0 aromatic heterocycles. The number of carbonyl (C=O) groups excluding carboxylic acids is 1. The third kappa shape index (κ3) is 5.02. The van der Waals surface area contributed by atoms with Gasteiger partial charge in [0.15, 0.2) is 6.10 Å². The van der Waals surface area contributed by atoms with Crippen LogP contribution >= 0.6 is 12.4 Å². The summed E-state index contributed by atoms with van der Waals surface area (Å²) in [6, 6.07) is 8.02. The monoisotopic (exact) mass is 298 g/mol. The van der Waals surface area contributed by atoms with E-state index in [1.807, 2.05) is 31.2 Å². The van der Waals surface area contributed by atoms with Crippen LogP contribution in [0.3, 0.4) is 0 Å². The van der Waals surface area contributed by atoms with Gasteiger partial charge in [-0.2, -0.15) is 0 Å². The van der Waals surface area contributed by atoms with Crippen molar-refractivity contribution in [3.8, 4) is 5.75 Å². The molecule has 1 aromatic carbocycles. The number of hydrogen-bond donors (Lipinski definition) is 2. The number of amides is 1. The van der Waals surface area contributed by atoms with Crippen LogP contribution in [0.5, 0.6) is 5.75 Å². The second-order valence-electron chi connectivity index (χ2n) is 5.11. The number of carbonyl (C=O) groups is 1. The normalized spacial score (nSPS) is 16.9. The Morgan fingerprint density at radius 2 is 1.90 bits per heavy atom. The lowest BCUT2D eigenvalue weighted by molar-refractivity contribution is -0.128. The van der Waals surface area contributed by atoms with Gasteiger partial charge in [-0.1, -0.05) is 17.7 Å². The topological polar surface area (TPSA) is 50.4 Å².